The SMILES string of the molecule is CC(O)c1cnc(C2(C)CCCS2)s1. The molecule has 2 nitrogen and oxygen atoms in total. The molecule has 2 heterocycles. The van der Waals surface area contributed by atoms with Gasteiger partial charge in [-0.2, -0.15) is 0 Å². The highest BCUT2D eigenvalue weighted by Gasteiger charge is 2.34. The van der Waals surface area contributed by atoms with Crippen molar-refractivity contribution in [2.75, 3.05) is 5.75 Å². The minimum absolute atomic E-state index is 0.206. The van der Waals surface area contributed by atoms with Gasteiger partial charge < -0.3 is 5.11 Å². The first kappa shape index (κ1) is 10.5. The van der Waals surface area contributed by atoms with Gasteiger partial charge in [0.25, 0.3) is 0 Å². The number of thioether (sulfide) groups is 1. The van der Waals surface area contributed by atoms with E-state index >= 15 is 0 Å². The quantitative estimate of drug-likeness (QED) is 0.846. The van der Waals surface area contributed by atoms with Crippen LogP contribution < -0.4 is 0 Å². The number of nitrogens with zero attached hydrogens (tertiary/aromatic N) is 1. The minimum atomic E-state index is -0.378. The monoisotopic (exact) mass is 229 g/mol. The topological polar surface area (TPSA) is 33.1 Å². The lowest BCUT2D eigenvalue weighted by Gasteiger charge is -2.18. The molecule has 2 unspecified atom stereocenters. The second kappa shape index (κ2) is 3.83. The second-order valence-electron chi connectivity index (χ2n) is 3.93. The maximum absolute atomic E-state index is 9.43. The van der Waals surface area contributed by atoms with Gasteiger partial charge in [-0.1, -0.05) is 0 Å². The Labute approximate surface area is 92.8 Å². The first-order valence-electron chi connectivity index (χ1n) is 4.90. The minimum Gasteiger partial charge on any atom is -0.388 e. The molecule has 0 amide bonds. The van der Waals surface area contributed by atoms with E-state index in [1.807, 2.05) is 18.0 Å². The first-order chi connectivity index (χ1) is 6.62. The Hall–Kier alpha value is -0.0600. The van der Waals surface area contributed by atoms with E-state index < -0.39 is 0 Å². The summed E-state index contributed by atoms with van der Waals surface area (Å²) in [4.78, 5) is 5.41. The third kappa shape index (κ3) is 1.83. The number of rotatable bonds is 2. The van der Waals surface area contributed by atoms with E-state index in [4.69, 9.17) is 0 Å². The molecule has 1 N–H and O–H groups in total. The van der Waals surface area contributed by atoms with E-state index in [1.165, 1.54) is 23.6 Å². The molecule has 1 aromatic rings. The fourth-order valence-electron chi connectivity index (χ4n) is 1.67. The zero-order chi connectivity index (χ0) is 10.2. The zero-order valence-electron chi connectivity index (χ0n) is 8.49. The summed E-state index contributed by atoms with van der Waals surface area (Å²) in [5, 5.41) is 10.6. The third-order valence-corrected chi connectivity index (χ3v) is 5.69. The number of thiazole rings is 1. The molecule has 0 aromatic carbocycles. The van der Waals surface area contributed by atoms with Crippen molar-refractivity contribution >= 4 is 23.1 Å². The van der Waals surface area contributed by atoms with Crippen molar-refractivity contribution in [2.24, 2.45) is 0 Å². The van der Waals surface area contributed by atoms with Crippen LogP contribution in [0.1, 0.15) is 42.7 Å². The van der Waals surface area contributed by atoms with Crippen molar-refractivity contribution in [2.45, 2.75) is 37.5 Å². The molecule has 1 aromatic heterocycles. The van der Waals surface area contributed by atoms with E-state index in [-0.39, 0.29) is 10.9 Å². The van der Waals surface area contributed by atoms with Crippen LogP contribution in [0.15, 0.2) is 6.20 Å². The predicted octanol–water partition coefficient (Wildman–Crippen LogP) is 2.94. The van der Waals surface area contributed by atoms with Crippen LogP contribution in [0.2, 0.25) is 0 Å². The zero-order valence-corrected chi connectivity index (χ0v) is 10.1. The highest BCUT2D eigenvalue weighted by molar-refractivity contribution is 8.00. The van der Waals surface area contributed by atoms with Crippen molar-refractivity contribution in [3.8, 4) is 0 Å². The van der Waals surface area contributed by atoms with Crippen molar-refractivity contribution in [1.82, 2.24) is 4.98 Å². The van der Waals surface area contributed by atoms with Gasteiger partial charge in [0, 0.05) is 6.20 Å². The van der Waals surface area contributed by atoms with Crippen LogP contribution in [0.3, 0.4) is 0 Å². The number of hydrogen-bond acceptors (Lipinski definition) is 4. The molecule has 1 aliphatic rings. The van der Waals surface area contributed by atoms with Crippen LogP contribution in [-0.4, -0.2) is 15.8 Å². The highest BCUT2D eigenvalue weighted by Crippen LogP contribution is 2.47. The Balaban J connectivity index is 2.23. The fourth-order valence-corrected chi connectivity index (χ4v) is 4.10. The lowest BCUT2D eigenvalue weighted by molar-refractivity contribution is 0.203. The summed E-state index contributed by atoms with van der Waals surface area (Å²) in [5.74, 6) is 1.24. The van der Waals surface area contributed by atoms with Crippen molar-refractivity contribution in [3.05, 3.63) is 16.1 Å². The number of aliphatic hydroxyl groups excluding tert-OH is 1. The molecular formula is C10H15NOS2. The molecular weight excluding hydrogens is 214 g/mol. The molecule has 14 heavy (non-hydrogen) atoms. The fraction of sp³-hybridized carbons (Fsp3) is 0.700. The van der Waals surface area contributed by atoms with E-state index in [9.17, 15) is 5.11 Å². The Morgan fingerprint density at radius 2 is 2.43 bits per heavy atom. The van der Waals surface area contributed by atoms with Crippen molar-refractivity contribution in [1.29, 1.82) is 0 Å². The van der Waals surface area contributed by atoms with Gasteiger partial charge in [0.2, 0.25) is 0 Å². The standard InChI is InChI=1S/C10H15NOS2/c1-7(12)8-6-11-9(14-8)10(2)4-3-5-13-10/h6-7,12H,3-5H2,1-2H3. The second-order valence-corrected chi connectivity index (χ2v) is 6.59. The lowest BCUT2D eigenvalue weighted by Crippen LogP contribution is -2.11. The molecule has 0 bridgehead atoms. The van der Waals surface area contributed by atoms with Gasteiger partial charge in [-0.05, 0) is 32.4 Å². The van der Waals surface area contributed by atoms with Crippen LogP contribution >= 0.6 is 23.1 Å². The van der Waals surface area contributed by atoms with Crippen LogP contribution in [0.5, 0.6) is 0 Å². The maximum Gasteiger partial charge on any atom is 0.109 e. The van der Waals surface area contributed by atoms with Gasteiger partial charge in [-0.3, -0.25) is 0 Å². The molecule has 2 atom stereocenters. The van der Waals surface area contributed by atoms with Crippen LogP contribution in [0, 0.1) is 0 Å². The molecule has 4 heteroatoms. The first-order valence-corrected chi connectivity index (χ1v) is 6.70. The Morgan fingerprint density at radius 3 is 2.93 bits per heavy atom. The summed E-state index contributed by atoms with van der Waals surface area (Å²) in [6.45, 7) is 4.05. The summed E-state index contributed by atoms with van der Waals surface area (Å²) >= 11 is 3.64. The summed E-state index contributed by atoms with van der Waals surface area (Å²) in [6.07, 6.45) is 3.93. The van der Waals surface area contributed by atoms with E-state index in [1.54, 1.807) is 18.3 Å². The molecule has 0 aliphatic carbocycles. The molecule has 78 valence electrons. The van der Waals surface area contributed by atoms with Crippen molar-refractivity contribution < 1.29 is 5.11 Å². The molecule has 2 rings (SSSR count). The number of hydrogen-bond donors (Lipinski definition) is 1. The molecule has 0 saturated carbocycles. The maximum atomic E-state index is 9.43. The van der Waals surface area contributed by atoms with Crippen LogP contribution in [0.4, 0.5) is 0 Å². The number of aliphatic hydroxyl groups is 1. The van der Waals surface area contributed by atoms with Gasteiger partial charge >= 0.3 is 0 Å². The Bertz CT molecular complexity index is 316. The molecule has 1 aliphatic heterocycles. The largest absolute Gasteiger partial charge is 0.388 e. The van der Waals surface area contributed by atoms with Gasteiger partial charge in [0.15, 0.2) is 0 Å². The third-order valence-electron chi connectivity index (χ3n) is 2.61. The van der Waals surface area contributed by atoms with Crippen LogP contribution in [0.25, 0.3) is 0 Å². The smallest absolute Gasteiger partial charge is 0.109 e. The van der Waals surface area contributed by atoms with Gasteiger partial charge in [-0.15, -0.1) is 23.1 Å². The molecule has 1 fully saturated rings. The van der Waals surface area contributed by atoms with E-state index in [0.717, 1.165) is 4.88 Å². The highest BCUT2D eigenvalue weighted by atomic mass is 32.2. The molecule has 1 saturated heterocycles. The molecule has 0 spiro atoms. The van der Waals surface area contributed by atoms with Gasteiger partial charge in [-0.25, -0.2) is 4.98 Å². The van der Waals surface area contributed by atoms with Gasteiger partial charge in [0.1, 0.15) is 5.01 Å². The Morgan fingerprint density at radius 1 is 1.64 bits per heavy atom. The van der Waals surface area contributed by atoms with E-state index in [0.29, 0.717) is 0 Å². The summed E-state index contributed by atoms with van der Waals surface area (Å²) in [6, 6.07) is 0. The summed E-state index contributed by atoms with van der Waals surface area (Å²) < 4.78 is 0.206. The summed E-state index contributed by atoms with van der Waals surface area (Å²) in [7, 11) is 0. The van der Waals surface area contributed by atoms with Crippen molar-refractivity contribution in [3.63, 3.8) is 0 Å². The predicted molar refractivity (Wildman–Crippen MR) is 61.8 cm³/mol. The molecule has 0 radical (unpaired) electrons. The van der Waals surface area contributed by atoms with E-state index in [2.05, 4.69) is 11.9 Å². The normalized spacial score (nSPS) is 29.4. The Kier molecular flexibility index (Phi) is 2.86. The average molecular weight is 229 g/mol. The average Bonchev–Trinajstić information content (AvgIpc) is 2.71. The lowest BCUT2D eigenvalue weighted by atomic mass is 10.1. The van der Waals surface area contributed by atoms with Gasteiger partial charge in [0.05, 0.1) is 15.7 Å². The van der Waals surface area contributed by atoms with Crippen LogP contribution in [-0.2, 0) is 4.75 Å². The summed E-state index contributed by atoms with van der Waals surface area (Å²) in [5.41, 5.74) is 0. The number of aromatic nitrogens is 1.